The zero-order valence-corrected chi connectivity index (χ0v) is 10.8. The molecule has 0 aliphatic heterocycles. The van der Waals surface area contributed by atoms with E-state index in [0.29, 0.717) is 6.42 Å². The number of halogens is 2. The van der Waals surface area contributed by atoms with Crippen molar-refractivity contribution in [2.45, 2.75) is 40.2 Å². The summed E-state index contributed by atoms with van der Waals surface area (Å²) in [6.45, 7) is 8.11. The van der Waals surface area contributed by atoms with E-state index < -0.39 is 17.7 Å². The summed E-state index contributed by atoms with van der Waals surface area (Å²) >= 11 is 0. The largest absolute Gasteiger partial charge is 0.388 e. The molecule has 1 rings (SSSR count). The van der Waals surface area contributed by atoms with Crippen molar-refractivity contribution in [3.63, 3.8) is 0 Å². The van der Waals surface area contributed by atoms with Crippen LogP contribution in [0.5, 0.6) is 0 Å². The molecule has 2 unspecified atom stereocenters. The number of aliphatic hydroxyl groups excluding tert-OH is 1. The first-order valence-corrected chi connectivity index (χ1v) is 5.85. The molecule has 0 radical (unpaired) electrons. The highest BCUT2D eigenvalue weighted by Crippen LogP contribution is 2.34. The topological polar surface area (TPSA) is 20.2 Å². The molecule has 1 aromatic carbocycles. The van der Waals surface area contributed by atoms with Crippen molar-refractivity contribution in [2.75, 3.05) is 0 Å². The van der Waals surface area contributed by atoms with E-state index in [4.69, 9.17) is 0 Å². The molecule has 0 saturated heterocycles. The van der Waals surface area contributed by atoms with Gasteiger partial charge in [0.25, 0.3) is 0 Å². The van der Waals surface area contributed by atoms with Gasteiger partial charge in [-0.3, -0.25) is 0 Å². The van der Waals surface area contributed by atoms with Crippen LogP contribution in [0.1, 0.15) is 45.8 Å². The van der Waals surface area contributed by atoms with E-state index in [0.717, 1.165) is 0 Å². The van der Waals surface area contributed by atoms with Crippen LogP contribution in [0.4, 0.5) is 8.78 Å². The Morgan fingerprint density at radius 1 is 1.18 bits per heavy atom. The second-order valence-corrected chi connectivity index (χ2v) is 5.65. The summed E-state index contributed by atoms with van der Waals surface area (Å²) in [4.78, 5) is 0. The zero-order chi connectivity index (χ0) is 13.2. The number of benzene rings is 1. The molecule has 0 aromatic heterocycles. The lowest BCUT2D eigenvalue weighted by molar-refractivity contribution is 0.104. The van der Waals surface area contributed by atoms with Crippen LogP contribution in [0.15, 0.2) is 18.2 Å². The van der Waals surface area contributed by atoms with Gasteiger partial charge in [0.2, 0.25) is 0 Å². The van der Waals surface area contributed by atoms with Crippen LogP contribution in [-0.4, -0.2) is 5.11 Å². The fraction of sp³-hybridized carbons (Fsp3) is 0.571. The minimum atomic E-state index is -1.09. The molecule has 0 heterocycles. The van der Waals surface area contributed by atoms with Gasteiger partial charge in [0.15, 0.2) is 0 Å². The van der Waals surface area contributed by atoms with Crippen LogP contribution >= 0.6 is 0 Å². The monoisotopic (exact) mass is 242 g/mol. The van der Waals surface area contributed by atoms with E-state index in [2.05, 4.69) is 0 Å². The highest BCUT2D eigenvalue weighted by molar-refractivity contribution is 5.22. The number of aliphatic hydroxyl groups is 1. The maximum absolute atomic E-state index is 13.4. The summed E-state index contributed by atoms with van der Waals surface area (Å²) in [5.41, 5.74) is -0.216. The molecule has 0 fully saturated rings. The average Bonchev–Trinajstić information content (AvgIpc) is 2.15. The summed E-state index contributed by atoms with van der Waals surface area (Å²) in [5.74, 6) is -1.20. The molecular formula is C14H20F2O. The summed E-state index contributed by atoms with van der Waals surface area (Å²) in [5, 5.41) is 9.94. The first-order chi connectivity index (χ1) is 7.73. The van der Waals surface area contributed by atoms with E-state index >= 15 is 0 Å². The predicted octanol–water partition coefficient (Wildman–Crippen LogP) is 4.07. The molecule has 1 nitrogen and oxygen atoms in total. The van der Waals surface area contributed by atoms with Gasteiger partial charge in [0, 0.05) is 0 Å². The third kappa shape index (κ3) is 3.50. The lowest BCUT2D eigenvalue weighted by Gasteiger charge is -2.29. The third-order valence-electron chi connectivity index (χ3n) is 3.39. The van der Waals surface area contributed by atoms with E-state index in [-0.39, 0.29) is 16.9 Å². The van der Waals surface area contributed by atoms with Gasteiger partial charge in [-0.15, -0.1) is 0 Å². The lowest BCUT2D eigenvalue weighted by atomic mass is 9.78. The lowest BCUT2D eigenvalue weighted by Crippen LogP contribution is -2.20. The summed E-state index contributed by atoms with van der Waals surface area (Å²) in [6.07, 6.45) is -0.744. The highest BCUT2D eigenvalue weighted by Gasteiger charge is 2.26. The smallest absolute Gasteiger partial charge is 0.131 e. The zero-order valence-electron chi connectivity index (χ0n) is 10.8. The normalized spacial score (nSPS) is 15.7. The Kier molecular flexibility index (Phi) is 4.26. The molecule has 0 saturated carbocycles. The molecule has 2 atom stereocenters. The Balaban J connectivity index is 2.87. The Morgan fingerprint density at radius 3 is 2.06 bits per heavy atom. The molecule has 0 aliphatic rings. The molecule has 0 aliphatic carbocycles. The van der Waals surface area contributed by atoms with Gasteiger partial charge in [0.05, 0.1) is 11.7 Å². The molecule has 0 spiro atoms. The summed E-state index contributed by atoms with van der Waals surface area (Å²) in [6, 6.07) is 3.64. The average molecular weight is 242 g/mol. The Labute approximate surface area is 101 Å². The molecule has 1 aromatic rings. The van der Waals surface area contributed by atoms with Crippen molar-refractivity contribution in [2.24, 2.45) is 11.3 Å². The third-order valence-corrected chi connectivity index (χ3v) is 3.39. The molecule has 3 heteroatoms. The van der Waals surface area contributed by atoms with Crippen LogP contribution in [0, 0.1) is 23.0 Å². The highest BCUT2D eigenvalue weighted by atomic mass is 19.1. The van der Waals surface area contributed by atoms with Crippen molar-refractivity contribution in [3.8, 4) is 0 Å². The first-order valence-electron chi connectivity index (χ1n) is 5.85. The fourth-order valence-electron chi connectivity index (χ4n) is 1.64. The van der Waals surface area contributed by atoms with Crippen LogP contribution in [0.3, 0.4) is 0 Å². The van der Waals surface area contributed by atoms with E-state index in [1.165, 1.54) is 18.2 Å². The standard InChI is InChI=1S/C14H20F2O/c1-9(14(2,3)4)8-12(17)13-10(15)6-5-7-11(13)16/h5-7,9,12,17H,8H2,1-4H3. The molecule has 0 amide bonds. The number of hydrogen-bond acceptors (Lipinski definition) is 1. The fourth-order valence-corrected chi connectivity index (χ4v) is 1.64. The van der Waals surface area contributed by atoms with Gasteiger partial charge in [-0.1, -0.05) is 33.8 Å². The first kappa shape index (κ1) is 14.1. The van der Waals surface area contributed by atoms with Crippen LogP contribution in [0.25, 0.3) is 0 Å². The Morgan fingerprint density at radius 2 is 1.65 bits per heavy atom. The van der Waals surface area contributed by atoms with Crippen molar-refractivity contribution in [3.05, 3.63) is 35.4 Å². The molecular weight excluding hydrogens is 222 g/mol. The molecule has 1 N–H and O–H groups in total. The number of rotatable bonds is 3. The van der Waals surface area contributed by atoms with Gasteiger partial charge < -0.3 is 5.11 Å². The van der Waals surface area contributed by atoms with Crippen molar-refractivity contribution >= 4 is 0 Å². The Hall–Kier alpha value is -0.960. The number of hydrogen-bond donors (Lipinski definition) is 1. The van der Waals surface area contributed by atoms with Crippen LogP contribution in [0.2, 0.25) is 0 Å². The van der Waals surface area contributed by atoms with Gasteiger partial charge in [-0.2, -0.15) is 0 Å². The predicted molar refractivity (Wildman–Crippen MR) is 64.6 cm³/mol. The second-order valence-electron chi connectivity index (χ2n) is 5.65. The molecule has 17 heavy (non-hydrogen) atoms. The molecule has 96 valence electrons. The van der Waals surface area contributed by atoms with Crippen LogP contribution < -0.4 is 0 Å². The van der Waals surface area contributed by atoms with Crippen LogP contribution in [-0.2, 0) is 0 Å². The van der Waals surface area contributed by atoms with Gasteiger partial charge >= 0.3 is 0 Å². The van der Waals surface area contributed by atoms with E-state index in [1.54, 1.807) is 0 Å². The maximum Gasteiger partial charge on any atom is 0.131 e. The van der Waals surface area contributed by atoms with Crippen molar-refractivity contribution in [1.29, 1.82) is 0 Å². The van der Waals surface area contributed by atoms with E-state index in [1.807, 2.05) is 27.7 Å². The summed E-state index contributed by atoms with van der Waals surface area (Å²) < 4.78 is 26.9. The van der Waals surface area contributed by atoms with Crippen molar-refractivity contribution < 1.29 is 13.9 Å². The van der Waals surface area contributed by atoms with Gasteiger partial charge in [0.1, 0.15) is 11.6 Å². The summed E-state index contributed by atoms with van der Waals surface area (Å²) in [7, 11) is 0. The minimum Gasteiger partial charge on any atom is -0.388 e. The van der Waals surface area contributed by atoms with E-state index in [9.17, 15) is 13.9 Å². The quantitative estimate of drug-likeness (QED) is 0.847. The molecule has 0 bridgehead atoms. The minimum absolute atomic E-state index is 0.00269. The van der Waals surface area contributed by atoms with Crippen molar-refractivity contribution in [1.82, 2.24) is 0 Å². The van der Waals surface area contributed by atoms with Gasteiger partial charge in [-0.25, -0.2) is 8.78 Å². The Bertz CT molecular complexity index is 362. The second kappa shape index (κ2) is 5.13. The maximum atomic E-state index is 13.4. The SMILES string of the molecule is CC(CC(O)c1c(F)cccc1F)C(C)(C)C. The van der Waals surface area contributed by atoms with Gasteiger partial charge in [-0.05, 0) is 29.9 Å².